The van der Waals surface area contributed by atoms with Crippen molar-refractivity contribution >= 4 is 27.8 Å². The van der Waals surface area contributed by atoms with Gasteiger partial charge in [-0.25, -0.2) is 0 Å². The minimum atomic E-state index is -0.471. The number of allylic oxidation sites excluding steroid dienone is 9. The SMILES string of the molecule is C=C/C(CC)=C(\C=C/C)c1ccccc1C(CC(/C=C\C)=C(/C)c1ccccc1CP(N)CCCC)PC. The molecule has 3 heteroatoms. The van der Waals surface area contributed by atoms with E-state index in [1.54, 1.807) is 0 Å². The highest BCUT2D eigenvalue weighted by Gasteiger charge is 2.19. The van der Waals surface area contributed by atoms with Crippen molar-refractivity contribution in [1.82, 2.24) is 0 Å². The first-order chi connectivity index (χ1) is 18.4. The average molecular weight is 546 g/mol. The minimum Gasteiger partial charge on any atom is -0.309 e. The van der Waals surface area contributed by atoms with Crippen molar-refractivity contribution in [2.24, 2.45) is 5.50 Å². The van der Waals surface area contributed by atoms with Gasteiger partial charge < -0.3 is 5.50 Å². The van der Waals surface area contributed by atoms with E-state index in [1.165, 1.54) is 57.4 Å². The summed E-state index contributed by atoms with van der Waals surface area (Å²) in [5.74, 6) is 0. The molecule has 0 aliphatic heterocycles. The fourth-order valence-corrected chi connectivity index (χ4v) is 7.60. The molecule has 1 nitrogen and oxygen atoms in total. The van der Waals surface area contributed by atoms with Gasteiger partial charge in [0.1, 0.15) is 0 Å². The Labute approximate surface area is 236 Å². The molecule has 2 rings (SSSR count). The van der Waals surface area contributed by atoms with Gasteiger partial charge in [-0.2, -0.15) is 0 Å². The lowest BCUT2D eigenvalue weighted by Crippen LogP contribution is -2.03. The maximum atomic E-state index is 6.61. The van der Waals surface area contributed by atoms with Gasteiger partial charge in [-0.1, -0.05) is 106 Å². The predicted molar refractivity (Wildman–Crippen MR) is 179 cm³/mol. The molecule has 0 fully saturated rings. The Balaban J connectivity index is 2.57. The van der Waals surface area contributed by atoms with Crippen LogP contribution in [0.15, 0.2) is 96.6 Å². The zero-order valence-electron chi connectivity index (χ0n) is 24.6. The highest BCUT2D eigenvalue weighted by atomic mass is 31.1. The summed E-state index contributed by atoms with van der Waals surface area (Å²) in [6.45, 7) is 17.5. The first-order valence-corrected chi connectivity index (χ1v) is 17.5. The summed E-state index contributed by atoms with van der Waals surface area (Å²) in [4.78, 5) is 0. The first kappa shape index (κ1) is 32.2. The lowest BCUT2D eigenvalue weighted by Gasteiger charge is -2.23. The standard InChI is InChI=1S/C35H49NP2/c1-8-13-24-38(36)26-30-20-14-15-21-31(30)27(6)29(18-9-2)25-35(37-7)34-23-17-16-22-33(34)32(19-10-3)28(11-4)12-5/h9-11,14-23,35,37H,4,8,12-13,24-26,36H2,1-3,5-7H3/b18-9-,19-10-,29-27-,32-28-. The van der Waals surface area contributed by atoms with E-state index in [-0.39, 0.29) is 0 Å². The van der Waals surface area contributed by atoms with E-state index >= 15 is 0 Å². The highest BCUT2D eigenvalue weighted by Crippen LogP contribution is 2.44. The topological polar surface area (TPSA) is 26.0 Å². The van der Waals surface area contributed by atoms with Crippen LogP contribution in [0, 0.1) is 0 Å². The summed E-state index contributed by atoms with van der Waals surface area (Å²) < 4.78 is 0. The summed E-state index contributed by atoms with van der Waals surface area (Å²) in [7, 11) is 0.325. The van der Waals surface area contributed by atoms with Crippen LogP contribution >= 0.6 is 16.7 Å². The van der Waals surface area contributed by atoms with Crippen molar-refractivity contribution in [3.63, 3.8) is 0 Å². The van der Waals surface area contributed by atoms with Crippen LogP contribution in [0.2, 0.25) is 0 Å². The quantitative estimate of drug-likeness (QED) is 0.175. The summed E-state index contributed by atoms with van der Waals surface area (Å²) in [5, 5.41) is 0. The summed E-state index contributed by atoms with van der Waals surface area (Å²) >= 11 is 0. The molecule has 0 amide bonds. The van der Waals surface area contributed by atoms with Gasteiger partial charge >= 0.3 is 0 Å². The van der Waals surface area contributed by atoms with Crippen LogP contribution in [0.5, 0.6) is 0 Å². The van der Waals surface area contributed by atoms with Crippen LogP contribution < -0.4 is 5.50 Å². The normalized spacial score (nSPS) is 15.2. The molecule has 0 saturated carbocycles. The van der Waals surface area contributed by atoms with E-state index in [2.05, 4.69) is 121 Å². The van der Waals surface area contributed by atoms with Gasteiger partial charge in [0.05, 0.1) is 0 Å². The molecule has 0 spiro atoms. The van der Waals surface area contributed by atoms with Gasteiger partial charge in [-0.05, 0) is 105 Å². The Morgan fingerprint density at radius 2 is 1.63 bits per heavy atom. The van der Waals surface area contributed by atoms with Crippen LogP contribution in [0.25, 0.3) is 11.1 Å². The van der Waals surface area contributed by atoms with Gasteiger partial charge in [0, 0.05) is 11.8 Å². The van der Waals surface area contributed by atoms with E-state index in [1.807, 2.05) is 6.08 Å². The molecule has 0 radical (unpaired) electrons. The van der Waals surface area contributed by atoms with Crippen molar-refractivity contribution in [1.29, 1.82) is 0 Å². The number of hydrogen-bond donors (Lipinski definition) is 1. The van der Waals surface area contributed by atoms with Crippen LogP contribution in [-0.4, -0.2) is 12.8 Å². The van der Waals surface area contributed by atoms with Gasteiger partial charge in [0.25, 0.3) is 0 Å². The van der Waals surface area contributed by atoms with Crippen LogP contribution in [0.3, 0.4) is 0 Å². The zero-order valence-corrected chi connectivity index (χ0v) is 26.5. The van der Waals surface area contributed by atoms with E-state index in [0.717, 1.165) is 33.7 Å². The van der Waals surface area contributed by atoms with Crippen molar-refractivity contribution in [2.75, 3.05) is 12.8 Å². The zero-order chi connectivity index (χ0) is 27.9. The first-order valence-electron chi connectivity index (χ1n) is 14.1. The second kappa shape index (κ2) is 17.5. The molecule has 3 unspecified atom stereocenters. The van der Waals surface area contributed by atoms with Gasteiger partial charge in [-0.15, -0.1) is 8.58 Å². The molecule has 204 valence electrons. The third kappa shape index (κ3) is 9.02. The third-order valence-electron chi connectivity index (χ3n) is 7.15. The molecule has 2 aromatic rings. The Kier molecular flexibility index (Phi) is 14.8. The number of rotatable bonds is 15. The third-order valence-corrected chi connectivity index (χ3v) is 10.00. The molecule has 0 aromatic heterocycles. The monoisotopic (exact) mass is 545 g/mol. The Bertz CT molecular complexity index is 1150. The van der Waals surface area contributed by atoms with Gasteiger partial charge in [0.2, 0.25) is 0 Å². The average Bonchev–Trinajstić information content (AvgIpc) is 2.94. The Morgan fingerprint density at radius 3 is 2.24 bits per heavy atom. The van der Waals surface area contributed by atoms with Gasteiger partial charge in [0.15, 0.2) is 0 Å². The van der Waals surface area contributed by atoms with Crippen molar-refractivity contribution in [3.8, 4) is 0 Å². The predicted octanol–water partition coefficient (Wildman–Crippen LogP) is 11.1. The molecule has 0 saturated heterocycles. The lowest BCUT2D eigenvalue weighted by molar-refractivity contribution is 0.889. The number of benzene rings is 2. The lowest BCUT2D eigenvalue weighted by atomic mass is 9.89. The molecule has 0 aliphatic carbocycles. The van der Waals surface area contributed by atoms with Crippen molar-refractivity contribution in [2.45, 2.75) is 72.1 Å². The largest absolute Gasteiger partial charge is 0.309 e. The van der Waals surface area contributed by atoms with E-state index in [4.69, 9.17) is 5.50 Å². The van der Waals surface area contributed by atoms with E-state index in [0.29, 0.717) is 5.66 Å². The summed E-state index contributed by atoms with van der Waals surface area (Å²) in [6, 6.07) is 17.9. The molecule has 0 bridgehead atoms. The number of unbranched alkanes of at least 4 members (excludes halogenated alkanes) is 1. The van der Waals surface area contributed by atoms with Crippen LogP contribution in [0.4, 0.5) is 0 Å². The summed E-state index contributed by atoms with van der Waals surface area (Å²) in [6.07, 6.45) is 17.5. The fourth-order valence-electron chi connectivity index (χ4n) is 5.02. The molecule has 2 aromatic carbocycles. The van der Waals surface area contributed by atoms with Crippen LogP contribution in [-0.2, 0) is 6.16 Å². The number of nitrogens with two attached hydrogens (primary N) is 1. The van der Waals surface area contributed by atoms with E-state index in [9.17, 15) is 0 Å². The molecule has 38 heavy (non-hydrogen) atoms. The molecule has 3 atom stereocenters. The van der Waals surface area contributed by atoms with Crippen molar-refractivity contribution in [3.05, 3.63) is 119 Å². The van der Waals surface area contributed by atoms with Crippen molar-refractivity contribution < 1.29 is 0 Å². The number of hydrogen-bond acceptors (Lipinski definition) is 1. The second-order valence-electron chi connectivity index (χ2n) is 9.76. The molecule has 2 N–H and O–H groups in total. The minimum absolute atomic E-state index is 0.443. The fraction of sp³-hybridized carbons (Fsp3) is 0.371. The smallest absolute Gasteiger partial charge is 0.00620 e. The molecule has 0 heterocycles. The molecular formula is C35H49NP2. The maximum Gasteiger partial charge on any atom is 0.00620 e. The van der Waals surface area contributed by atoms with Crippen LogP contribution in [0.1, 0.15) is 88.2 Å². The summed E-state index contributed by atoms with van der Waals surface area (Å²) in [5.41, 5.74) is 18.0. The molecule has 0 aliphatic rings. The second-order valence-corrected chi connectivity index (χ2v) is 13.0. The van der Waals surface area contributed by atoms with E-state index < -0.39 is 8.07 Å². The Morgan fingerprint density at radius 1 is 0.974 bits per heavy atom. The molecular weight excluding hydrogens is 496 g/mol. The van der Waals surface area contributed by atoms with Gasteiger partial charge in [-0.3, -0.25) is 0 Å². The maximum absolute atomic E-state index is 6.61. The Hall–Kier alpha value is -2.04. The highest BCUT2D eigenvalue weighted by molar-refractivity contribution is 7.54.